The Morgan fingerprint density at radius 2 is 1.95 bits per heavy atom. The Hall–Kier alpha value is -3.77. The number of carbonyl (C=O) groups excluding carboxylic acids is 1. The first-order valence-electron chi connectivity index (χ1n) is 14.0. The molecule has 3 N–H and O–H groups in total. The van der Waals surface area contributed by atoms with E-state index in [4.69, 9.17) is 31.5 Å². The quantitative estimate of drug-likeness (QED) is 0.312. The van der Waals surface area contributed by atoms with Gasteiger partial charge in [-0.05, 0) is 67.0 Å². The number of piperidine rings is 1. The molecule has 0 amide bonds. The third kappa shape index (κ3) is 6.91. The molecule has 13 heteroatoms. The Bertz CT molecular complexity index is 1470. The lowest BCUT2D eigenvalue weighted by molar-refractivity contribution is -0.198. The molecule has 2 aliphatic rings. The van der Waals surface area contributed by atoms with Crippen molar-refractivity contribution in [2.75, 3.05) is 44.0 Å². The van der Waals surface area contributed by atoms with Gasteiger partial charge in [-0.3, -0.25) is 4.79 Å². The van der Waals surface area contributed by atoms with Gasteiger partial charge in [-0.25, -0.2) is 0 Å². The zero-order valence-corrected chi connectivity index (χ0v) is 24.5. The molecule has 0 saturated carbocycles. The molecular formula is C30H33ClF3N5O4. The van der Waals surface area contributed by atoms with Gasteiger partial charge in [0.25, 0.3) is 0 Å². The zero-order valence-electron chi connectivity index (χ0n) is 23.8. The van der Waals surface area contributed by atoms with E-state index in [-0.39, 0.29) is 45.4 Å². The molecule has 2 saturated heterocycles. The lowest BCUT2D eigenvalue weighted by atomic mass is 9.76. The molecule has 3 heterocycles. The van der Waals surface area contributed by atoms with E-state index in [1.54, 1.807) is 31.2 Å². The number of nitrogen functional groups attached to an aromatic ring is 1. The molecule has 1 aromatic heterocycles. The minimum atomic E-state index is -4.80. The van der Waals surface area contributed by atoms with Crippen LogP contribution in [0.1, 0.15) is 37.9 Å². The number of halogens is 4. The minimum Gasteiger partial charge on any atom is -0.497 e. The number of ether oxygens (including phenoxy) is 3. The molecule has 5 rings (SSSR count). The average Bonchev–Trinajstić information content (AvgIpc) is 3.39. The molecule has 2 aliphatic heterocycles. The van der Waals surface area contributed by atoms with Crippen molar-refractivity contribution >= 4 is 29.3 Å². The van der Waals surface area contributed by atoms with Gasteiger partial charge in [0.05, 0.1) is 13.7 Å². The summed E-state index contributed by atoms with van der Waals surface area (Å²) in [7, 11) is 1.48. The van der Waals surface area contributed by atoms with E-state index in [1.165, 1.54) is 31.4 Å². The van der Waals surface area contributed by atoms with E-state index in [0.717, 1.165) is 12.8 Å². The van der Waals surface area contributed by atoms with Crippen molar-refractivity contribution in [3.05, 3.63) is 59.1 Å². The molecular weight excluding hydrogens is 587 g/mol. The highest BCUT2D eigenvalue weighted by atomic mass is 35.5. The summed E-state index contributed by atoms with van der Waals surface area (Å²) in [6, 6.07) is 11.9. The largest absolute Gasteiger partial charge is 0.497 e. The van der Waals surface area contributed by atoms with E-state index in [1.807, 2.05) is 4.90 Å². The molecule has 1 unspecified atom stereocenters. The van der Waals surface area contributed by atoms with Crippen molar-refractivity contribution < 1.29 is 32.2 Å². The second-order valence-corrected chi connectivity index (χ2v) is 11.2. The number of rotatable bonds is 8. The van der Waals surface area contributed by atoms with Crippen LogP contribution in [0.4, 0.5) is 24.9 Å². The zero-order chi connectivity index (χ0) is 30.8. The summed E-state index contributed by atoms with van der Waals surface area (Å²) in [5, 5.41) is 3.54. The summed E-state index contributed by atoms with van der Waals surface area (Å²) in [6.45, 7) is 3.94. The fraction of sp³-hybridized carbons (Fsp3) is 0.433. The molecule has 3 aromatic rings. The molecule has 0 bridgehead atoms. The summed E-state index contributed by atoms with van der Waals surface area (Å²) < 4.78 is 59.8. The number of nitrogens with one attached hydrogen (secondary N) is 1. The lowest BCUT2D eigenvalue weighted by Crippen LogP contribution is -2.41. The van der Waals surface area contributed by atoms with Crippen LogP contribution in [0.2, 0.25) is 5.02 Å². The summed E-state index contributed by atoms with van der Waals surface area (Å²) in [5.41, 5.74) is 6.46. The summed E-state index contributed by atoms with van der Waals surface area (Å²) in [4.78, 5) is 22.4. The number of aromatic nitrogens is 2. The maximum Gasteiger partial charge on any atom is 0.429 e. The summed E-state index contributed by atoms with van der Waals surface area (Å²) in [5.74, 6) is 0.0930. The van der Waals surface area contributed by atoms with Crippen LogP contribution >= 0.6 is 11.6 Å². The second-order valence-electron chi connectivity index (χ2n) is 10.8. The van der Waals surface area contributed by atoms with Crippen LogP contribution in [-0.2, 0) is 9.53 Å². The molecule has 0 radical (unpaired) electrons. The smallest absolute Gasteiger partial charge is 0.429 e. The highest BCUT2D eigenvalue weighted by Gasteiger charge is 2.46. The highest BCUT2D eigenvalue weighted by Crippen LogP contribution is 2.44. The minimum absolute atomic E-state index is 0.0711. The number of esters is 1. The van der Waals surface area contributed by atoms with E-state index in [2.05, 4.69) is 15.3 Å². The van der Waals surface area contributed by atoms with Crippen LogP contribution in [0.3, 0.4) is 0 Å². The second kappa shape index (κ2) is 12.5. The third-order valence-electron chi connectivity index (χ3n) is 8.00. The third-order valence-corrected chi connectivity index (χ3v) is 8.24. The van der Waals surface area contributed by atoms with Gasteiger partial charge in [0, 0.05) is 36.3 Å². The van der Waals surface area contributed by atoms with Crippen LogP contribution in [0.25, 0.3) is 11.1 Å². The number of carbonyl (C=O) groups is 1. The van der Waals surface area contributed by atoms with Crippen LogP contribution in [-0.4, -0.2) is 61.5 Å². The van der Waals surface area contributed by atoms with Gasteiger partial charge in [0.2, 0.25) is 17.9 Å². The molecule has 0 aliphatic carbocycles. The van der Waals surface area contributed by atoms with Crippen LogP contribution in [0, 0.1) is 5.41 Å². The monoisotopic (exact) mass is 619 g/mol. The summed E-state index contributed by atoms with van der Waals surface area (Å²) >= 11 is 6.21. The predicted molar refractivity (Wildman–Crippen MR) is 156 cm³/mol. The van der Waals surface area contributed by atoms with Crippen molar-refractivity contribution in [3.8, 4) is 22.8 Å². The number of anilines is 2. The Labute approximate surface area is 252 Å². The van der Waals surface area contributed by atoms with Crippen molar-refractivity contribution in [3.63, 3.8) is 0 Å². The maximum atomic E-state index is 14.6. The fourth-order valence-electron chi connectivity index (χ4n) is 5.80. The van der Waals surface area contributed by atoms with Crippen LogP contribution < -0.4 is 25.4 Å². The maximum absolute atomic E-state index is 14.6. The van der Waals surface area contributed by atoms with Crippen LogP contribution in [0.15, 0.2) is 48.5 Å². The SMILES string of the molecule is CCOC(=O)[C@@H]1CC2(CCN(c3cc(OC(c4ccc(Cl)cc4-c4cccc(OC)c4)C(F)(F)F)nc(N)n3)CC2)CN1. The Morgan fingerprint density at radius 1 is 1.19 bits per heavy atom. The normalized spacial score (nSPS) is 18.8. The number of nitrogens with zero attached hydrogens (tertiary/aromatic N) is 3. The Kier molecular flexibility index (Phi) is 8.89. The van der Waals surface area contributed by atoms with E-state index < -0.39 is 12.3 Å². The molecule has 1 spiro atoms. The molecule has 2 aromatic carbocycles. The van der Waals surface area contributed by atoms with Crippen molar-refractivity contribution in [2.24, 2.45) is 5.41 Å². The van der Waals surface area contributed by atoms with Gasteiger partial charge in [-0.15, -0.1) is 0 Å². The topological polar surface area (TPSA) is 112 Å². The first-order chi connectivity index (χ1) is 20.5. The Balaban J connectivity index is 1.38. The number of nitrogens with two attached hydrogens (primary N) is 1. The lowest BCUT2D eigenvalue weighted by Gasteiger charge is -2.39. The van der Waals surface area contributed by atoms with Crippen molar-refractivity contribution in [2.45, 2.75) is 44.5 Å². The van der Waals surface area contributed by atoms with Gasteiger partial charge < -0.3 is 30.2 Å². The molecule has 2 atom stereocenters. The number of hydrogen-bond acceptors (Lipinski definition) is 9. The number of alkyl halides is 3. The van der Waals surface area contributed by atoms with Gasteiger partial charge in [-0.1, -0.05) is 29.8 Å². The molecule has 230 valence electrons. The van der Waals surface area contributed by atoms with Crippen LogP contribution in [0.5, 0.6) is 11.6 Å². The van der Waals surface area contributed by atoms with Crippen molar-refractivity contribution in [1.29, 1.82) is 0 Å². The van der Waals surface area contributed by atoms with Gasteiger partial charge in [0.1, 0.15) is 17.6 Å². The van der Waals surface area contributed by atoms with Gasteiger partial charge >= 0.3 is 12.1 Å². The van der Waals surface area contributed by atoms with E-state index in [9.17, 15) is 18.0 Å². The molecule has 9 nitrogen and oxygen atoms in total. The number of hydrogen-bond donors (Lipinski definition) is 2. The first-order valence-corrected chi connectivity index (χ1v) is 14.3. The Morgan fingerprint density at radius 3 is 2.65 bits per heavy atom. The standard InChI is InChI=1S/C30H33ClF3N5O4/c1-3-42-27(40)23-16-29(17-36-23)9-11-39(12-10-29)24-15-25(38-28(35)37-24)43-26(30(32,33)34)21-8-7-19(31)14-22(21)18-5-4-6-20(13-18)41-2/h4-8,13-15,23,26,36H,3,9-12,16-17H2,1-2H3,(H2,35,37,38)/t23-,26?/m0/s1. The first kappa shape index (κ1) is 30.7. The summed E-state index contributed by atoms with van der Waals surface area (Å²) in [6.07, 6.45) is -4.98. The number of methoxy groups -OCH3 is 1. The number of benzene rings is 2. The highest BCUT2D eigenvalue weighted by molar-refractivity contribution is 6.30. The molecule has 43 heavy (non-hydrogen) atoms. The van der Waals surface area contributed by atoms with E-state index >= 15 is 0 Å². The predicted octanol–water partition coefficient (Wildman–Crippen LogP) is 5.58. The van der Waals surface area contributed by atoms with Gasteiger partial charge in [-0.2, -0.15) is 23.1 Å². The molecule has 2 fully saturated rings. The average molecular weight is 620 g/mol. The van der Waals surface area contributed by atoms with Gasteiger partial charge in [0.15, 0.2) is 0 Å². The van der Waals surface area contributed by atoms with E-state index in [0.29, 0.717) is 49.8 Å². The fourth-order valence-corrected chi connectivity index (χ4v) is 5.97. The van der Waals surface area contributed by atoms with Crippen molar-refractivity contribution in [1.82, 2.24) is 15.3 Å².